The molecule has 0 aromatic heterocycles. The first-order chi connectivity index (χ1) is 8.44. The molecule has 7 heteroatoms. The van der Waals surface area contributed by atoms with Gasteiger partial charge in [-0.1, -0.05) is 0 Å². The maximum atomic E-state index is 11.9. The van der Waals surface area contributed by atoms with Crippen LogP contribution in [-0.4, -0.2) is 50.7 Å². The first kappa shape index (κ1) is 16.0. The minimum atomic E-state index is -4.12. The Labute approximate surface area is 110 Å². The smallest absolute Gasteiger partial charge is 0.382 e. The lowest BCUT2D eigenvalue weighted by atomic mass is 9.91. The van der Waals surface area contributed by atoms with Crippen molar-refractivity contribution in [3.8, 4) is 0 Å². The predicted molar refractivity (Wildman–Crippen MR) is 60.9 cm³/mol. The third-order valence-corrected chi connectivity index (χ3v) is 3.14. The van der Waals surface area contributed by atoms with Crippen LogP contribution in [0.25, 0.3) is 0 Å². The van der Waals surface area contributed by atoms with E-state index in [1.807, 2.05) is 0 Å². The van der Waals surface area contributed by atoms with Crippen molar-refractivity contribution in [3.63, 3.8) is 0 Å². The summed E-state index contributed by atoms with van der Waals surface area (Å²) < 4.78 is 51.3. The van der Waals surface area contributed by atoms with Gasteiger partial charge in [-0.2, -0.15) is 13.2 Å². The maximum Gasteiger partial charge on any atom is 0.389 e. The van der Waals surface area contributed by atoms with Crippen LogP contribution in [0.4, 0.5) is 13.2 Å². The van der Waals surface area contributed by atoms with Crippen molar-refractivity contribution in [3.05, 3.63) is 0 Å². The van der Waals surface area contributed by atoms with Crippen LogP contribution >= 0.6 is 11.6 Å². The minimum Gasteiger partial charge on any atom is -0.382 e. The first-order valence-corrected chi connectivity index (χ1v) is 6.30. The Morgan fingerprint density at radius 1 is 1.17 bits per heavy atom. The molecule has 1 fully saturated rings. The van der Waals surface area contributed by atoms with Gasteiger partial charge in [0.25, 0.3) is 0 Å². The summed E-state index contributed by atoms with van der Waals surface area (Å²) >= 11 is 5.95. The van der Waals surface area contributed by atoms with Gasteiger partial charge in [0.05, 0.1) is 24.7 Å². The number of halogens is 4. The van der Waals surface area contributed by atoms with Crippen LogP contribution in [0, 0.1) is 0 Å². The van der Waals surface area contributed by atoms with Gasteiger partial charge in [0.2, 0.25) is 0 Å². The second-order valence-corrected chi connectivity index (χ2v) is 4.77. The average molecular weight is 291 g/mol. The fraction of sp³-hybridized carbons (Fsp3) is 1.00. The van der Waals surface area contributed by atoms with E-state index in [1.165, 1.54) is 0 Å². The fourth-order valence-corrected chi connectivity index (χ4v) is 2.09. The zero-order valence-electron chi connectivity index (χ0n) is 10.2. The molecular weight excluding hydrogens is 273 g/mol. The highest BCUT2D eigenvalue weighted by Crippen LogP contribution is 2.32. The van der Waals surface area contributed by atoms with E-state index in [0.717, 1.165) is 0 Å². The molecule has 0 bridgehead atoms. The third kappa shape index (κ3) is 5.73. The van der Waals surface area contributed by atoms with Gasteiger partial charge in [0.1, 0.15) is 6.10 Å². The molecule has 0 aromatic carbocycles. The highest BCUT2D eigenvalue weighted by atomic mass is 35.5. The second kappa shape index (κ2) is 7.53. The lowest BCUT2D eigenvalue weighted by Gasteiger charge is -2.40. The molecule has 1 rings (SSSR count). The molecule has 0 spiro atoms. The number of alkyl halides is 4. The van der Waals surface area contributed by atoms with E-state index in [9.17, 15) is 13.2 Å². The minimum absolute atomic E-state index is 0.0300. The van der Waals surface area contributed by atoms with Gasteiger partial charge in [-0.25, -0.2) is 0 Å². The summed E-state index contributed by atoms with van der Waals surface area (Å²) in [6.07, 6.45) is -4.79. The summed E-state index contributed by atoms with van der Waals surface area (Å²) in [5.74, 6) is 0. The van der Waals surface area contributed by atoms with E-state index in [4.69, 9.17) is 25.8 Å². The van der Waals surface area contributed by atoms with Gasteiger partial charge in [-0.05, 0) is 12.8 Å². The summed E-state index contributed by atoms with van der Waals surface area (Å²) in [7, 11) is 1.56. The SMILES string of the molecule is COCCOC1C(Cl)CC1OCCCC(F)(F)F. The van der Waals surface area contributed by atoms with Crippen molar-refractivity contribution in [1.82, 2.24) is 0 Å². The molecule has 3 unspecified atom stereocenters. The van der Waals surface area contributed by atoms with Crippen molar-refractivity contribution in [2.24, 2.45) is 0 Å². The Morgan fingerprint density at radius 2 is 1.89 bits per heavy atom. The number of hydrogen-bond donors (Lipinski definition) is 0. The highest BCUT2D eigenvalue weighted by molar-refractivity contribution is 6.21. The number of rotatable bonds is 8. The monoisotopic (exact) mass is 290 g/mol. The van der Waals surface area contributed by atoms with E-state index in [0.29, 0.717) is 19.6 Å². The Kier molecular flexibility index (Phi) is 6.70. The molecule has 1 saturated carbocycles. The van der Waals surface area contributed by atoms with Crippen molar-refractivity contribution >= 4 is 11.6 Å². The van der Waals surface area contributed by atoms with E-state index in [2.05, 4.69) is 0 Å². The van der Waals surface area contributed by atoms with E-state index in [1.54, 1.807) is 7.11 Å². The molecule has 0 amide bonds. The molecule has 0 heterocycles. The number of methoxy groups -OCH3 is 1. The number of hydrogen-bond acceptors (Lipinski definition) is 3. The summed E-state index contributed by atoms with van der Waals surface area (Å²) in [6, 6.07) is 0. The predicted octanol–water partition coefficient (Wildman–Crippen LogP) is 2.76. The number of ether oxygens (including phenoxy) is 3. The molecule has 0 radical (unpaired) electrons. The Bertz CT molecular complexity index is 238. The zero-order valence-corrected chi connectivity index (χ0v) is 11.0. The van der Waals surface area contributed by atoms with Crippen molar-refractivity contribution < 1.29 is 27.4 Å². The van der Waals surface area contributed by atoms with Crippen LogP contribution in [0.2, 0.25) is 0 Å². The molecule has 3 nitrogen and oxygen atoms in total. The Hall–Kier alpha value is -0.0400. The van der Waals surface area contributed by atoms with Gasteiger partial charge in [0, 0.05) is 20.1 Å². The van der Waals surface area contributed by atoms with Crippen LogP contribution in [-0.2, 0) is 14.2 Å². The largest absolute Gasteiger partial charge is 0.389 e. The normalized spacial score (nSPS) is 28.2. The summed E-state index contributed by atoms with van der Waals surface area (Å²) in [6.45, 7) is 0.950. The van der Waals surface area contributed by atoms with Crippen molar-refractivity contribution in [1.29, 1.82) is 0 Å². The summed E-state index contributed by atoms with van der Waals surface area (Å²) in [4.78, 5) is 0. The Morgan fingerprint density at radius 3 is 2.44 bits per heavy atom. The lowest BCUT2D eigenvalue weighted by Crippen LogP contribution is -2.51. The van der Waals surface area contributed by atoms with Gasteiger partial charge in [-0.3, -0.25) is 0 Å². The molecule has 3 atom stereocenters. The van der Waals surface area contributed by atoms with Crippen LogP contribution < -0.4 is 0 Å². The highest BCUT2D eigenvalue weighted by Gasteiger charge is 2.41. The second-order valence-electron chi connectivity index (χ2n) is 4.21. The molecule has 108 valence electrons. The standard InChI is InChI=1S/C11H18ClF3O3/c1-16-5-6-18-10-8(12)7-9(10)17-4-2-3-11(13,14)15/h8-10H,2-7H2,1H3. The Balaban J connectivity index is 2.10. The molecule has 0 saturated heterocycles. The quantitative estimate of drug-likeness (QED) is 0.508. The van der Waals surface area contributed by atoms with E-state index in [-0.39, 0.29) is 30.6 Å². The van der Waals surface area contributed by atoms with Crippen LogP contribution in [0.1, 0.15) is 19.3 Å². The first-order valence-electron chi connectivity index (χ1n) is 5.87. The molecule has 18 heavy (non-hydrogen) atoms. The topological polar surface area (TPSA) is 27.7 Å². The molecule has 0 N–H and O–H groups in total. The van der Waals surface area contributed by atoms with Crippen LogP contribution in [0.3, 0.4) is 0 Å². The zero-order chi connectivity index (χ0) is 13.6. The summed E-state index contributed by atoms with van der Waals surface area (Å²) in [5.41, 5.74) is 0. The molecular formula is C11H18ClF3O3. The van der Waals surface area contributed by atoms with Crippen molar-refractivity contribution in [2.45, 2.75) is 43.0 Å². The molecule has 1 aliphatic rings. The lowest BCUT2D eigenvalue weighted by molar-refractivity contribution is -0.151. The van der Waals surface area contributed by atoms with Gasteiger partial charge in [-0.15, -0.1) is 11.6 Å². The third-order valence-electron chi connectivity index (χ3n) is 2.71. The van der Waals surface area contributed by atoms with Crippen LogP contribution in [0.15, 0.2) is 0 Å². The van der Waals surface area contributed by atoms with Gasteiger partial charge < -0.3 is 14.2 Å². The average Bonchev–Trinajstić information content (AvgIpc) is 2.27. The summed E-state index contributed by atoms with van der Waals surface area (Å²) in [5, 5.41) is -0.130. The van der Waals surface area contributed by atoms with Crippen LogP contribution in [0.5, 0.6) is 0 Å². The van der Waals surface area contributed by atoms with Gasteiger partial charge >= 0.3 is 6.18 Å². The van der Waals surface area contributed by atoms with E-state index >= 15 is 0 Å². The van der Waals surface area contributed by atoms with Crippen molar-refractivity contribution in [2.75, 3.05) is 26.9 Å². The fourth-order valence-electron chi connectivity index (χ4n) is 1.68. The molecule has 0 aromatic rings. The van der Waals surface area contributed by atoms with E-state index < -0.39 is 12.6 Å². The molecule has 1 aliphatic carbocycles. The van der Waals surface area contributed by atoms with Gasteiger partial charge in [0.15, 0.2) is 0 Å². The maximum absolute atomic E-state index is 11.9. The molecule has 0 aliphatic heterocycles.